The van der Waals surface area contributed by atoms with Gasteiger partial charge in [0.1, 0.15) is 0 Å². The van der Waals surface area contributed by atoms with Gasteiger partial charge in [-0.05, 0) is 62.4 Å². The van der Waals surface area contributed by atoms with E-state index < -0.39 is 11.9 Å². The SMILES string of the molecule is Cc1ccc(C)n1-c1ccc(C(=O)OCC(=O)Nc2ccccc2Cl)cc1. The quantitative estimate of drug-likeness (QED) is 0.659. The summed E-state index contributed by atoms with van der Waals surface area (Å²) in [5.41, 5.74) is 4.04. The van der Waals surface area contributed by atoms with Crippen molar-refractivity contribution in [1.29, 1.82) is 0 Å². The van der Waals surface area contributed by atoms with Crippen LogP contribution in [0.2, 0.25) is 5.02 Å². The molecule has 27 heavy (non-hydrogen) atoms. The molecule has 0 radical (unpaired) electrons. The van der Waals surface area contributed by atoms with Crippen LogP contribution in [0.4, 0.5) is 5.69 Å². The van der Waals surface area contributed by atoms with Gasteiger partial charge in [-0.15, -0.1) is 0 Å². The highest BCUT2D eigenvalue weighted by atomic mass is 35.5. The number of carbonyl (C=O) groups excluding carboxylic acids is 2. The van der Waals surface area contributed by atoms with E-state index in [9.17, 15) is 9.59 Å². The third kappa shape index (κ3) is 4.38. The number of carbonyl (C=O) groups is 2. The smallest absolute Gasteiger partial charge is 0.338 e. The number of hydrogen-bond acceptors (Lipinski definition) is 3. The van der Waals surface area contributed by atoms with Gasteiger partial charge in [-0.1, -0.05) is 23.7 Å². The highest BCUT2D eigenvalue weighted by Gasteiger charge is 2.12. The van der Waals surface area contributed by atoms with E-state index in [1.807, 2.05) is 38.1 Å². The molecule has 6 heteroatoms. The Bertz CT molecular complexity index is 958. The summed E-state index contributed by atoms with van der Waals surface area (Å²) in [5.74, 6) is -1.01. The van der Waals surface area contributed by atoms with E-state index >= 15 is 0 Å². The summed E-state index contributed by atoms with van der Waals surface area (Å²) in [6.45, 7) is 3.65. The van der Waals surface area contributed by atoms with Gasteiger partial charge < -0.3 is 14.6 Å². The molecule has 0 spiro atoms. The first-order valence-electron chi connectivity index (χ1n) is 8.42. The number of aryl methyl sites for hydroxylation is 2. The van der Waals surface area contributed by atoms with Crippen LogP contribution in [0.15, 0.2) is 60.7 Å². The van der Waals surface area contributed by atoms with Crippen LogP contribution in [0, 0.1) is 13.8 Å². The summed E-state index contributed by atoms with van der Waals surface area (Å²) in [4.78, 5) is 24.1. The molecule has 0 saturated carbocycles. The summed E-state index contributed by atoms with van der Waals surface area (Å²) in [7, 11) is 0. The predicted molar refractivity (Wildman–Crippen MR) is 106 cm³/mol. The van der Waals surface area contributed by atoms with Crippen molar-refractivity contribution >= 4 is 29.2 Å². The topological polar surface area (TPSA) is 60.3 Å². The first-order chi connectivity index (χ1) is 13.0. The molecule has 2 aromatic carbocycles. The molecule has 1 aromatic heterocycles. The van der Waals surface area contributed by atoms with Crippen LogP contribution in [0.5, 0.6) is 0 Å². The number of benzene rings is 2. The molecule has 0 atom stereocenters. The fraction of sp³-hybridized carbons (Fsp3) is 0.143. The molecular formula is C21H19ClN2O3. The minimum absolute atomic E-state index is 0.381. The van der Waals surface area contributed by atoms with Gasteiger partial charge in [0.25, 0.3) is 5.91 Å². The Kier molecular flexibility index (Phi) is 5.62. The number of para-hydroxylation sites is 1. The van der Waals surface area contributed by atoms with Crippen LogP contribution < -0.4 is 5.32 Å². The second kappa shape index (κ2) is 8.10. The largest absolute Gasteiger partial charge is 0.452 e. The van der Waals surface area contributed by atoms with E-state index in [1.54, 1.807) is 36.4 Å². The van der Waals surface area contributed by atoms with Crippen LogP contribution in [0.3, 0.4) is 0 Å². The van der Waals surface area contributed by atoms with E-state index in [4.69, 9.17) is 16.3 Å². The number of rotatable bonds is 5. The lowest BCUT2D eigenvalue weighted by atomic mass is 10.2. The molecule has 0 aliphatic carbocycles. The molecule has 0 fully saturated rings. The van der Waals surface area contributed by atoms with E-state index in [0.717, 1.165) is 17.1 Å². The summed E-state index contributed by atoms with van der Waals surface area (Å²) in [5, 5.41) is 3.03. The average molecular weight is 383 g/mol. The van der Waals surface area contributed by atoms with Crippen molar-refractivity contribution in [3.05, 3.63) is 82.6 Å². The fourth-order valence-electron chi connectivity index (χ4n) is 2.79. The van der Waals surface area contributed by atoms with Crippen molar-refractivity contribution in [2.45, 2.75) is 13.8 Å². The van der Waals surface area contributed by atoms with Crippen molar-refractivity contribution in [2.75, 3.05) is 11.9 Å². The van der Waals surface area contributed by atoms with Crippen molar-refractivity contribution in [1.82, 2.24) is 4.57 Å². The zero-order valence-electron chi connectivity index (χ0n) is 15.0. The lowest BCUT2D eigenvalue weighted by molar-refractivity contribution is -0.119. The monoisotopic (exact) mass is 382 g/mol. The lowest BCUT2D eigenvalue weighted by Crippen LogP contribution is -2.21. The molecular weight excluding hydrogens is 364 g/mol. The zero-order valence-corrected chi connectivity index (χ0v) is 15.8. The lowest BCUT2D eigenvalue weighted by Gasteiger charge is -2.10. The Morgan fingerprint density at radius 3 is 2.22 bits per heavy atom. The maximum atomic E-state index is 12.2. The summed E-state index contributed by atoms with van der Waals surface area (Å²) < 4.78 is 7.17. The number of ether oxygens (including phenoxy) is 1. The molecule has 0 bridgehead atoms. The Morgan fingerprint density at radius 1 is 0.963 bits per heavy atom. The molecule has 1 N–H and O–H groups in total. The van der Waals surface area contributed by atoms with Gasteiger partial charge in [-0.3, -0.25) is 4.79 Å². The minimum atomic E-state index is -0.559. The van der Waals surface area contributed by atoms with Crippen LogP contribution in [-0.4, -0.2) is 23.1 Å². The van der Waals surface area contributed by atoms with Crippen LogP contribution >= 0.6 is 11.6 Å². The van der Waals surface area contributed by atoms with Crippen molar-refractivity contribution in [3.8, 4) is 5.69 Å². The van der Waals surface area contributed by atoms with E-state index in [0.29, 0.717) is 16.3 Å². The molecule has 1 amide bonds. The Labute approximate surface area is 162 Å². The highest BCUT2D eigenvalue weighted by molar-refractivity contribution is 6.33. The van der Waals surface area contributed by atoms with E-state index in [1.165, 1.54) is 0 Å². The number of nitrogens with zero attached hydrogens (tertiary/aromatic N) is 1. The van der Waals surface area contributed by atoms with Gasteiger partial charge in [0.15, 0.2) is 6.61 Å². The van der Waals surface area contributed by atoms with Crippen LogP contribution in [0.1, 0.15) is 21.7 Å². The molecule has 138 valence electrons. The van der Waals surface area contributed by atoms with Crippen LogP contribution in [-0.2, 0) is 9.53 Å². The third-order valence-electron chi connectivity index (χ3n) is 4.11. The van der Waals surface area contributed by atoms with Gasteiger partial charge in [0.2, 0.25) is 0 Å². The molecule has 5 nitrogen and oxygen atoms in total. The molecule has 0 aliphatic heterocycles. The summed E-state index contributed by atoms with van der Waals surface area (Å²) in [6.07, 6.45) is 0. The molecule has 3 aromatic rings. The number of halogens is 1. The van der Waals surface area contributed by atoms with Crippen molar-refractivity contribution in [2.24, 2.45) is 0 Å². The number of anilines is 1. The number of nitrogens with one attached hydrogen (secondary N) is 1. The van der Waals surface area contributed by atoms with Gasteiger partial charge in [-0.25, -0.2) is 4.79 Å². The fourth-order valence-corrected chi connectivity index (χ4v) is 2.97. The Balaban J connectivity index is 1.60. The molecule has 0 saturated heterocycles. The van der Waals surface area contributed by atoms with Crippen molar-refractivity contribution < 1.29 is 14.3 Å². The normalized spacial score (nSPS) is 10.5. The minimum Gasteiger partial charge on any atom is -0.452 e. The number of hydrogen-bond donors (Lipinski definition) is 1. The zero-order chi connectivity index (χ0) is 19.4. The summed E-state index contributed by atoms with van der Waals surface area (Å²) in [6, 6.07) is 18.0. The average Bonchev–Trinajstić information content (AvgIpc) is 3.00. The van der Waals surface area contributed by atoms with Gasteiger partial charge in [0, 0.05) is 17.1 Å². The maximum absolute atomic E-state index is 12.2. The highest BCUT2D eigenvalue weighted by Crippen LogP contribution is 2.20. The second-order valence-electron chi connectivity index (χ2n) is 6.10. The number of amides is 1. The first-order valence-corrected chi connectivity index (χ1v) is 8.80. The Morgan fingerprint density at radius 2 is 1.59 bits per heavy atom. The van der Waals surface area contributed by atoms with Gasteiger partial charge in [0.05, 0.1) is 16.3 Å². The van der Waals surface area contributed by atoms with Crippen LogP contribution in [0.25, 0.3) is 5.69 Å². The first kappa shape index (κ1) is 18.7. The third-order valence-corrected chi connectivity index (χ3v) is 4.44. The standard InChI is InChI=1S/C21H19ClN2O3/c1-14-7-8-15(2)24(14)17-11-9-16(10-12-17)21(26)27-13-20(25)23-19-6-4-3-5-18(19)22/h3-12H,13H2,1-2H3,(H,23,25). The Hall–Kier alpha value is -3.05. The van der Waals surface area contributed by atoms with Crippen molar-refractivity contribution in [3.63, 3.8) is 0 Å². The molecule has 3 rings (SSSR count). The number of esters is 1. The molecule has 1 heterocycles. The van der Waals surface area contributed by atoms with E-state index in [2.05, 4.69) is 9.88 Å². The molecule has 0 aliphatic rings. The van der Waals surface area contributed by atoms with Gasteiger partial charge in [-0.2, -0.15) is 0 Å². The summed E-state index contributed by atoms with van der Waals surface area (Å²) >= 11 is 5.98. The van der Waals surface area contributed by atoms with Gasteiger partial charge >= 0.3 is 5.97 Å². The number of aromatic nitrogens is 1. The predicted octanol–water partition coefficient (Wildman–Crippen LogP) is 4.54. The molecule has 0 unspecified atom stereocenters. The second-order valence-corrected chi connectivity index (χ2v) is 6.51. The van der Waals surface area contributed by atoms with E-state index in [-0.39, 0.29) is 6.61 Å². The maximum Gasteiger partial charge on any atom is 0.338 e.